The van der Waals surface area contributed by atoms with Crippen LogP contribution in [-0.2, 0) is 19.4 Å². The van der Waals surface area contributed by atoms with Crippen LogP contribution in [0.1, 0.15) is 31.4 Å². The number of hydrogen-bond donors (Lipinski definition) is 0. The first-order chi connectivity index (χ1) is 14.3. The van der Waals surface area contributed by atoms with Crippen LogP contribution >= 0.6 is 0 Å². The number of rotatable bonds is 6. The number of fused-ring (bicyclic) bond motifs is 5. The van der Waals surface area contributed by atoms with E-state index in [1.807, 2.05) is 12.3 Å². The highest BCUT2D eigenvalue weighted by Crippen LogP contribution is 2.38. The van der Waals surface area contributed by atoms with E-state index in [1.165, 1.54) is 46.6 Å². The molecule has 4 aromatic rings. The number of hydrogen-bond acceptors (Lipinski definition) is 2. The van der Waals surface area contributed by atoms with Gasteiger partial charge in [-0.3, -0.25) is 4.98 Å². The van der Waals surface area contributed by atoms with E-state index in [9.17, 15) is 0 Å². The molecule has 3 heteroatoms. The minimum Gasteiger partial charge on any atom is -0.339 e. The van der Waals surface area contributed by atoms with Crippen LogP contribution in [-0.4, -0.2) is 34.1 Å². The summed E-state index contributed by atoms with van der Waals surface area (Å²) in [6.45, 7) is 8.83. The smallest absolute Gasteiger partial charge is 0.0702 e. The normalized spacial score (nSPS) is 13.6. The lowest BCUT2D eigenvalue weighted by Crippen LogP contribution is -2.26. The van der Waals surface area contributed by atoms with Crippen LogP contribution in [0.3, 0.4) is 0 Å². The van der Waals surface area contributed by atoms with E-state index >= 15 is 0 Å². The molecule has 1 aliphatic rings. The molecule has 0 atom stereocenters. The van der Waals surface area contributed by atoms with Crippen molar-refractivity contribution >= 4 is 21.8 Å². The van der Waals surface area contributed by atoms with Gasteiger partial charge in [-0.1, -0.05) is 32.0 Å². The Labute approximate surface area is 173 Å². The molecule has 0 amide bonds. The van der Waals surface area contributed by atoms with Crippen molar-refractivity contribution in [1.82, 2.24) is 14.5 Å². The lowest BCUT2D eigenvalue weighted by Gasteiger charge is -2.19. The van der Waals surface area contributed by atoms with Crippen LogP contribution < -0.4 is 0 Å². The minimum absolute atomic E-state index is 1.03. The van der Waals surface area contributed by atoms with Gasteiger partial charge in [0.05, 0.1) is 5.69 Å². The Bertz CT molecular complexity index is 1150. The zero-order valence-corrected chi connectivity index (χ0v) is 17.5. The maximum absolute atomic E-state index is 4.58. The summed E-state index contributed by atoms with van der Waals surface area (Å²) in [5.74, 6) is 0. The summed E-state index contributed by atoms with van der Waals surface area (Å²) >= 11 is 0. The lowest BCUT2D eigenvalue weighted by molar-refractivity contribution is 0.293. The summed E-state index contributed by atoms with van der Waals surface area (Å²) in [5.41, 5.74) is 8.12. The minimum atomic E-state index is 1.03. The van der Waals surface area contributed by atoms with Gasteiger partial charge in [-0.2, -0.15) is 0 Å². The third-order valence-corrected chi connectivity index (χ3v) is 6.60. The number of benzene rings is 2. The Morgan fingerprint density at radius 3 is 2.62 bits per heavy atom. The average Bonchev–Trinajstić information content (AvgIpc) is 3.37. The molecular weight excluding hydrogens is 354 g/mol. The van der Waals surface area contributed by atoms with Gasteiger partial charge in [0.2, 0.25) is 0 Å². The number of aromatic nitrogens is 2. The fraction of sp³-hybridized carbons (Fsp3) is 0.346. The molecule has 0 N–H and O–H groups in total. The molecule has 5 rings (SSSR count). The summed E-state index contributed by atoms with van der Waals surface area (Å²) < 4.78 is 2.55. The van der Waals surface area contributed by atoms with E-state index in [1.54, 1.807) is 11.1 Å². The summed E-state index contributed by atoms with van der Waals surface area (Å²) in [7, 11) is 0. The van der Waals surface area contributed by atoms with Crippen LogP contribution in [0.4, 0.5) is 0 Å². The molecular formula is C26H29N3. The zero-order chi connectivity index (χ0) is 19.8. The summed E-state index contributed by atoms with van der Waals surface area (Å²) in [6, 6.07) is 17.8. The number of likely N-dealkylation sites (N-methyl/N-ethyl adjacent to an activating group) is 1. The van der Waals surface area contributed by atoms with Crippen molar-refractivity contribution < 1.29 is 0 Å². The third kappa shape index (κ3) is 3.14. The van der Waals surface area contributed by atoms with E-state index in [-0.39, 0.29) is 0 Å². The average molecular weight is 384 g/mol. The molecule has 0 unspecified atom stereocenters. The Hall–Kier alpha value is -2.65. The summed E-state index contributed by atoms with van der Waals surface area (Å²) in [6.07, 6.45) is 5.58. The van der Waals surface area contributed by atoms with E-state index in [0.29, 0.717) is 0 Å². The first-order valence-corrected chi connectivity index (χ1v) is 11.0. The highest BCUT2D eigenvalue weighted by molar-refractivity contribution is 6.11. The maximum Gasteiger partial charge on any atom is 0.0702 e. The Morgan fingerprint density at radius 2 is 1.83 bits per heavy atom. The van der Waals surface area contributed by atoms with Crippen molar-refractivity contribution in [2.45, 2.75) is 39.7 Å². The van der Waals surface area contributed by atoms with E-state index < -0.39 is 0 Å². The van der Waals surface area contributed by atoms with Gasteiger partial charge < -0.3 is 9.47 Å². The van der Waals surface area contributed by atoms with Crippen molar-refractivity contribution in [3.63, 3.8) is 0 Å². The van der Waals surface area contributed by atoms with E-state index in [4.69, 9.17) is 0 Å². The molecule has 0 fully saturated rings. The molecule has 0 saturated carbocycles. The van der Waals surface area contributed by atoms with Gasteiger partial charge in [-0.25, -0.2) is 0 Å². The molecule has 0 bridgehead atoms. The predicted octanol–water partition coefficient (Wildman–Crippen LogP) is 5.69. The van der Waals surface area contributed by atoms with Crippen molar-refractivity contribution in [3.8, 4) is 11.3 Å². The second-order valence-corrected chi connectivity index (χ2v) is 8.08. The molecule has 3 nitrogen and oxygen atoms in total. The Balaban J connectivity index is 1.71. The van der Waals surface area contributed by atoms with E-state index in [2.05, 4.69) is 70.8 Å². The van der Waals surface area contributed by atoms with Gasteiger partial charge in [0.25, 0.3) is 0 Å². The highest BCUT2D eigenvalue weighted by Gasteiger charge is 2.20. The molecule has 0 spiro atoms. The first-order valence-electron chi connectivity index (χ1n) is 11.0. The largest absolute Gasteiger partial charge is 0.339 e. The van der Waals surface area contributed by atoms with Crippen molar-refractivity contribution in [1.29, 1.82) is 0 Å². The number of aryl methyl sites for hydroxylation is 2. The molecule has 2 heterocycles. The maximum atomic E-state index is 4.58. The molecule has 2 aromatic heterocycles. The predicted molar refractivity (Wildman–Crippen MR) is 122 cm³/mol. The number of nitrogens with zero attached hydrogens (tertiary/aromatic N) is 3. The standard InChI is InChI=1S/C26H29N3/c1-3-28(4-2)16-17-29-24-13-12-20(23-10-5-6-15-27-23)18-22(24)26-21-9-7-8-19(21)11-14-25(26)29/h5-6,10-15,18H,3-4,7-9,16-17H2,1-2H3. The van der Waals surface area contributed by atoms with Crippen molar-refractivity contribution in [2.75, 3.05) is 19.6 Å². The lowest BCUT2D eigenvalue weighted by atomic mass is 10.0. The molecule has 0 aliphatic heterocycles. The van der Waals surface area contributed by atoms with Gasteiger partial charge in [0.1, 0.15) is 0 Å². The Morgan fingerprint density at radius 1 is 0.966 bits per heavy atom. The fourth-order valence-electron chi connectivity index (χ4n) is 5.00. The van der Waals surface area contributed by atoms with Gasteiger partial charge in [-0.15, -0.1) is 0 Å². The molecule has 29 heavy (non-hydrogen) atoms. The zero-order valence-electron chi connectivity index (χ0n) is 17.5. The third-order valence-electron chi connectivity index (χ3n) is 6.60. The van der Waals surface area contributed by atoms with Gasteiger partial charge in [0, 0.05) is 46.7 Å². The van der Waals surface area contributed by atoms with Crippen molar-refractivity contribution in [2.24, 2.45) is 0 Å². The molecule has 1 aliphatic carbocycles. The SMILES string of the molecule is CCN(CC)CCn1c2ccc(-c3ccccn3)cc2c2c3c(ccc21)CCC3. The van der Waals surface area contributed by atoms with Crippen LogP contribution in [0.25, 0.3) is 33.1 Å². The molecule has 0 radical (unpaired) electrons. The molecule has 0 saturated heterocycles. The van der Waals surface area contributed by atoms with Gasteiger partial charge in [-0.05, 0) is 73.8 Å². The molecule has 2 aromatic carbocycles. The van der Waals surface area contributed by atoms with Crippen LogP contribution in [0, 0.1) is 0 Å². The fourth-order valence-corrected chi connectivity index (χ4v) is 5.00. The van der Waals surface area contributed by atoms with Gasteiger partial charge >= 0.3 is 0 Å². The summed E-state index contributed by atoms with van der Waals surface area (Å²) in [4.78, 5) is 7.09. The molecule has 148 valence electrons. The topological polar surface area (TPSA) is 21.1 Å². The first kappa shape index (κ1) is 18.4. The second-order valence-electron chi connectivity index (χ2n) is 8.08. The monoisotopic (exact) mass is 383 g/mol. The van der Waals surface area contributed by atoms with Crippen LogP contribution in [0.2, 0.25) is 0 Å². The van der Waals surface area contributed by atoms with Crippen LogP contribution in [0.15, 0.2) is 54.7 Å². The van der Waals surface area contributed by atoms with Crippen LogP contribution in [0.5, 0.6) is 0 Å². The van der Waals surface area contributed by atoms with Crippen molar-refractivity contribution in [3.05, 3.63) is 65.9 Å². The summed E-state index contributed by atoms with van der Waals surface area (Å²) in [5, 5.41) is 2.87. The van der Waals surface area contributed by atoms with E-state index in [0.717, 1.165) is 31.9 Å². The second kappa shape index (κ2) is 7.64. The quantitative estimate of drug-likeness (QED) is 0.427. The highest BCUT2D eigenvalue weighted by atomic mass is 15.1. The Kier molecular flexibility index (Phi) is 4.84. The van der Waals surface area contributed by atoms with Gasteiger partial charge in [0.15, 0.2) is 0 Å². The number of pyridine rings is 1.